The molecule has 2 heterocycles. The highest BCUT2D eigenvalue weighted by Gasteiger charge is 2.26. The van der Waals surface area contributed by atoms with E-state index in [9.17, 15) is 9.18 Å². The Hall–Kier alpha value is -1.66. The Morgan fingerprint density at radius 2 is 2.12 bits per heavy atom. The van der Waals surface area contributed by atoms with Crippen LogP contribution in [0.5, 0.6) is 0 Å². The molecule has 25 heavy (non-hydrogen) atoms. The largest absolute Gasteiger partial charge is 0.369 e. The molecule has 6 heteroatoms. The molecule has 2 atom stereocenters. The molecule has 0 unspecified atom stereocenters. The number of amides is 1. The minimum Gasteiger partial charge on any atom is -0.369 e. The van der Waals surface area contributed by atoms with Crippen LogP contribution in [0.2, 0.25) is 0 Å². The van der Waals surface area contributed by atoms with E-state index >= 15 is 0 Å². The normalized spacial score (nSPS) is 22.8. The lowest BCUT2D eigenvalue weighted by Crippen LogP contribution is -2.47. The van der Waals surface area contributed by atoms with Crippen molar-refractivity contribution in [2.45, 2.75) is 38.8 Å². The van der Waals surface area contributed by atoms with Gasteiger partial charge in [0.05, 0.1) is 12.1 Å². The number of likely N-dealkylation sites (N-methyl/N-ethyl adjacent to an activating group) is 1. The molecule has 0 bridgehead atoms. The van der Waals surface area contributed by atoms with Crippen molar-refractivity contribution in [3.8, 4) is 0 Å². The van der Waals surface area contributed by atoms with Crippen LogP contribution in [0.4, 0.5) is 10.1 Å². The van der Waals surface area contributed by atoms with Crippen LogP contribution >= 0.6 is 0 Å². The third-order valence-corrected chi connectivity index (χ3v) is 5.35. The fourth-order valence-electron chi connectivity index (χ4n) is 3.77. The summed E-state index contributed by atoms with van der Waals surface area (Å²) in [5.41, 5.74) is 1.89. The van der Waals surface area contributed by atoms with Crippen molar-refractivity contribution in [3.63, 3.8) is 0 Å². The lowest BCUT2D eigenvalue weighted by atomic mass is 10.0. The first-order chi connectivity index (χ1) is 12.1. The number of hydrogen-bond acceptors (Lipinski definition) is 4. The molecule has 0 aliphatic carbocycles. The Balaban J connectivity index is 1.73. The summed E-state index contributed by atoms with van der Waals surface area (Å²) < 4.78 is 13.9. The van der Waals surface area contributed by atoms with Crippen molar-refractivity contribution in [1.29, 1.82) is 0 Å². The second-order valence-corrected chi connectivity index (χ2v) is 7.00. The summed E-state index contributed by atoms with van der Waals surface area (Å²) in [7, 11) is 0. The van der Waals surface area contributed by atoms with Gasteiger partial charge in [-0.3, -0.25) is 4.79 Å². The quantitative estimate of drug-likeness (QED) is 0.853. The molecule has 138 valence electrons. The highest BCUT2D eigenvalue weighted by Crippen LogP contribution is 2.28. The van der Waals surface area contributed by atoms with Gasteiger partial charge in [-0.1, -0.05) is 6.92 Å². The van der Waals surface area contributed by atoms with Crippen molar-refractivity contribution in [3.05, 3.63) is 29.6 Å². The van der Waals surface area contributed by atoms with Gasteiger partial charge in [-0.25, -0.2) is 4.39 Å². The van der Waals surface area contributed by atoms with Gasteiger partial charge in [0.25, 0.3) is 0 Å². The smallest absolute Gasteiger partial charge is 0.237 e. The predicted molar refractivity (Wildman–Crippen MR) is 98.3 cm³/mol. The maximum absolute atomic E-state index is 13.9. The second kappa shape index (κ2) is 8.15. The van der Waals surface area contributed by atoms with Gasteiger partial charge in [-0.2, -0.15) is 0 Å². The van der Waals surface area contributed by atoms with Crippen LogP contribution < -0.4 is 15.5 Å². The van der Waals surface area contributed by atoms with Gasteiger partial charge in [-0.05, 0) is 51.1 Å². The molecule has 2 fully saturated rings. The van der Waals surface area contributed by atoms with E-state index in [-0.39, 0.29) is 23.8 Å². The van der Waals surface area contributed by atoms with Crippen molar-refractivity contribution in [1.82, 2.24) is 15.5 Å². The molecule has 2 N–H and O–H groups in total. The highest BCUT2D eigenvalue weighted by molar-refractivity contribution is 5.82. The van der Waals surface area contributed by atoms with E-state index in [1.165, 1.54) is 6.07 Å². The van der Waals surface area contributed by atoms with Gasteiger partial charge in [0.2, 0.25) is 5.91 Å². The molecule has 2 saturated heterocycles. The predicted octanol–water partition coefficient (Wildman–Crippen LogP) is 1.90. The summed E-state index contributed by atoms with van der Waals surface area (Å²) in [6.45, 7) is 9.94. The van der Waals surface area contributed by atoms with E-state index in [1.54, 1.807) is 6.07 Å². The zero-order valence-corrected chi connectivity index (χ0v) is 15.2. The first kappa shape index (κ1) is 18.1. The fraction of sp³-hybridized carbons (Fsp3) is 0.632. The van der Waals surface area contributed by atoms with Gasteiger partial charge in [-0.15, -0.1) is 0 Å². The lowest BCUT2D eigenvalue weighted by molar-refractivity contribution is -0.123. The standard InChI is InChI=1S/C19H29FN4O/c1-3-23-9-11-24(12-10-23)18-7-6-15(20)13-16(18)14(2)22-19(25)17-5-4-8-21-17/h6-7,13-14,17,21H,3-5,8-12H2,1-2H3,(H,22,25)/t14-,17+/m0/s1. The Bertz CT molecular complexity index is 595. The molecule has 1 aromatic carbocycles. The maximum Gasteiger partial charge on any atom is 0.237 e. The molecule has 2 aliphatic rings. The number of anilines is 1. The minimum atomic E-state index is -0.258. The van der Waals surface area contributed by atoms with Gasteiger partial charge in [0.1, 0.15) is 5.82 Å². The number of rotatable bonds is 5. The molecule has 0 spiro atoms. The van der Waals surface area contributed by atoms with Crippen molar-refractivity contribution in [2.24, 2.45) is 0 Å². The number of carbonyl (C=O) groups is 1. The van der Waals surface area contributed by atoms with E-state index in [1.807, 2.05) is 13.0 Å². The van der Waals surface area contributed by atoms with Crippen LogP contribution in [-0.4, -0.2) is 56.1 Å². The summed E-state index contributed by atoms with van der Waals surface area (Å²) in [6.07, 6.45) is 1.90. The Labute approximate surface area is 149 Å². The number of nitrogens with zero attached hydrogens (tertiary/aromatic N) is 2. The summed E-state index contributed by atoms with van der Waals surface area (Å²) >= 11 is 0. The lowest BCUT2D eigenvalue weighted by Gasteiger charge is -2.37. The van der Waals surface area contributed by atoms with Gasteiger partial charge in [0.15, 0.2) is 0 Å². The summed E-state index contributed by atoms with van der Waals surface area (Å²) in [5, 5.41) is 6.27. The number of benzene rings is 1. The third kappa shape index (κ3) is 4.30. The zero-order valence-electron chi connectivity index (χ0n) is 15.2. The molecule has 1 amide bonds. The van der Waals surface area contributed by atoms with Crippen LogP contribution in [0.3, 0.4) is 0 Å². The number of nitrogens with one attached hydrogen (secondary N) is 2. The topological polar surface area (TPSA) is 47.6 Å². The van der Waals surface area contributed by atoms with Crippen LogP contribution in [0.25, 0.3) is 0 Å². The highest BCUT2D eigenvalue weighted by atomic mass is 19.1. The second-order valence-electron chi connectivity index (χ2n) is 7.00. The molecule has 0 radical (unpaired) electrons. The van der Waals surface area contributed by atoms with Crippen LogP contribution in [-0.2, 0) is 4.79 Å². The molecular weight excluding hydrogens is 319 g/mol. The van der Waals surface area contributed by atoms with Crippen LogP contribution in [0.15, 0.2) is 18.2 Å². The number of hydrogen-bond donors (Lipinski definition) is 2. The average molecular weight is 348 g/mol. The van der Waals surface area contributed by atoms with Gasteiger partial charge < -0.3 is 20.4 Å². The summed E-state index contributed by atoms with van der Waals surface area (Å²) in [4.78, 5) is 17.1. The fourth-order valence-corrected chi connectivity index (χ4v) is 3.77. The van der Waals surface area contributed by atoms with Gasteiger partial charge in [0, 0.05) is 37.4 Å². The Morgan fingerprint density at radius 1 is 1.36 bits per heavy atom. The van der Waals surface area contributed by atoms with E-state index in [0.29, 0.717) is 0 Å². The molecule has 3 rings (SSSR count). The zero-order chi connectivity index (χ0) is 17.8. The minimum absolute atomic E-state index is 0.0102. The maximum atomic E-state index is 13.9. The molecule has 2 aliphatic heterocycles. The Morgan fingerprint density at radius 3 is 2.76 bits per heavy atom. The first-order valence-corrected chi connectivity index (χ1v) is 9.39. The molecule has 0 saturated carbocycles. The van der Waals surface area contributed by atoms with E-state index in [0.717, 1.165) is 63.4 Å². The van der Waals surface area contributed by atoms with Crippen molar-refractivity contribution < 1.29 is 9.18 Å². The Kier molecular flexibility index (Phi) is 5.91. The van der Waals surface area contributed by atoms with E-state index in [4.69, 9.17) is 0 Å². The first-order valence-electron chi connectivity index (χ1n) is 9.39. The van der Waals surface area contributed by atoms with Crippen LogP contribution in [0.1, 0.15) is 38.3 Å². The molecule has 0 aromatic heterocycles. The summed E-state index contributed by atoms with van der Waals surface area (Å²) in [6, 6.07) is 4.59. The van der Waals surface area contributed by atoms with E-state index in [2.05, 4.69) is 27.4 Å². The van der Waals surface area contributed by atoms with Crippen molar-refractivity contribution in [2.75, 3.05) is 44.2 Å². The number of carbonyl (C=O) groups excluding carboxylic acids is 1. The molecule has 1 aromatic rings. The van der Waals surface area contributed by atoms with Crippen LogP contribution in [0, 0.1) is 5.82 Å². The number of halogens is 1. The monoisotopic (exact) mass is 348 g/mol. The molecule has 5 nitrogen and oxygen atoms in total. The van der Waals surface area contributed by atoms with E-state index < -0.39 is 0 Å². The third-order valence-electron chi connectivity index (χ3n) is 5.35. The van der Waals surface area contributed by atoms with Crippen molar-refractivity contribution >= 4 is 11.6 Å². The number of piperazine rings is 1. The van der Waals surface area contributed by atoms with Gasteiger partial charge >= 0.3 is 0 Å². The SMILES string of the molecule is CCN1CCN(c2ccc(F)cc2[C@H](C)NC(=O)[C@H]2CCCN2)CC1. The average Bonchev–Trinajstić information content (AvgIpc) is 3.16. The molecular formula is C19H29FN4O. The summed E-state index contributed by atoms with van der Waals surface area (Å²) in [5.74, 6) is -0.248.